The Morgan fingerprint density at radius 1 is 1.41 bits per heavy atom. The van der Waals surface area contributed by atoms with Crippen molar-refractivity contribution in [2.75, 3.05) is 5.75 Å². The number of carbonyl (C=O) groups is 1. The Bertz CT molecular complexity index is 430. The van der Waals surface area contributed by atoms with Crippen LogP contribution in [0.5, 0.6) is 0 Å². The number of thiocarbonyl (C=S) groups is 1. The average molecular weight is 265 g/mol. The molecule has 17 heavy (non-hydrogen) atoms. The molecule has 1 amide bonds. The summed E-state index contributed by atoms with van der Waals surface area (Å²) in [6.45, 7) is 3.83. The molecule has 0 N–H and O–H groups in total. The monoisotopic (exact) mass is 265 g/mol. The highest BCUT2D eigenvalue weighted by Gasteiger charge is 2.35. The minimum atomic E-state index is -0.0159. The lowest BCUT2D eigenvalue weighted by molar-refractivity contribution is -0.131. The van der Waals surface area contributed by atoms with E-state index < -0.39 is 0 Å². The van der Waals surface area contributed by atoms with Crippen LogP contribution in [0, 0.1) is 5.92 Å². The molecule has 0 aromatic heterocycles. The molecular formula is C13H15NOS2. The van der Waals surface area contributed by atoms with Crippen LogP contribution in [-0.2, 0) is 4.79 Å². The van der Waals surface area contributed by atoms with E-state index >= 15 is 0 Å². The number of hydrogen-bond acceptors (Lipinski definition) is 3. The van der Waals surface area contributed by atoms with Crippen LogP contribution in [-0.4, -0.2) is 20.9 Å². The summed E-state index contributed by atoms with van der Waals surface area (Å²) in [5.74, 6) is 0.966. The molecule has 1 aliphatic rings. The van der Waals surface area contributed by atoms with Gasteiger partial charge < -0.3 is 0 Å². The van der Waals surface area contributed by atoms with Gasteiger partial charge in [-0.2, -0.15) is 0 Å². The van der Waals surface area contributed by atoms with Crippen LogP contribution in [0.4, 0.5) is 0 Å². The quantitative estimate of drug-likeness (QED) is 0.766. The summed E-state index contributed by atoms with van der Waals surface area (Å²) in [4.78, 5) is 13.9. The summed E-state index contributed by atoms with van der Waals surface area (Å²) in [5.41, 5.74) is 1.16. The molecule has 1 aliphatic heterocycles. The van der Waals surface area contributed by atoms with Gasteiger partial charge in [-0.05, 0) is 5.56 Å². The Kier molecular flexibility index (Phi) is 3.84. The average Bonchev–Trinajstić information content (AvgIpc) is 2.71. The molecule has 1 heterocycles. The highest BCUT2D eigenvalue weighted by Crippen LogP contribution is 2.36. The Morgan fingerprint density at radius 2 is 2.06 bits per heavy atom. The third-order valence-electron chi connectivity index (χ3n) is 2.79. The fourth-order valence-corrected chi connectivity index (χ4v) is 3.28. The first-order valence-corrected chi connectivity index (χ1v) is 7.05. The summed E-state index contributed by atoms with van der Waals surface area (Å²) >= 11 is 6.87. The van der Waals surface area contributed by atoms with Gasteiger partial charge in [0.25, 0.3) is 0 Å². The van der Waals surface area contributed by atoms with E-state index in [2.05, 4.69) is 12.1 Å². The van der Waals surface area contributed by atoms with Crippen molar-refractivity contribution in [1.29, 1.82) is 0 Å². The van der Waals surface area contributed by atoms with E-state index in [4.69, 9.17) is 12.2 Å². The molecule has 0 saturated carbocycles. The zero-order valence-corrected chi connectivity index (χ0v) is 11.6. The number of thioether (sulfide) groups is 1. The van der Waals surface area contributed by atoms with Crippen molar-refractivity contribution in [2.45, 2.75) is 19.9 Å². The van der Waals surface area contributed by atoms with Crippen LogP contribution in [0.25, 0.3) is 0 Å². The number of hydrogen-bond donors (Lipinski definition) is 0. The van der Waals surface area contributed by atoms with Crippen molar-refractivity contribution < 1.29 is 4.79 Å². The molecule has 1 fully saturated rings. The molecule has 0 radical (unpaired) electrons. The van der Waals surface area contributed by atoms with Crippen LogP contribution in [0.15, 0.2) is 30.3 Å². The zero-order chi connectivity index (χ0) is 12.4. The second-order valence-electron chi connectivity index (χ2n) is 4.37. The van der Waals surface area contributed by atoms with Crippen molar-refractivity contribution >= 4 is 34.2 Å². The normalized spacial score (nSPS) is 20.1. The third kappa shape index (κ3) is 2.53. The maximum atomic E-state index is 12.2. The topological polar surface area (TPSA) is 20.3 Å². The van der Waals surface area contributed by atoms with Crippen LogP contribution in [0.1, 0.15) is 25.5 Å². The molecule has 0 bridgehead atoms. The van der Waals surface area contributed by atoms with Crippen molar-refractivity contribution in [3.63, 3.8) is 0 Å². The minimum absolute atomic E-state index is 0.0159. The van der Waals surface area contributed by atoms with E-state index in [1.807, 2.05) is 32.0 Å². The highest BCUT2D eigenvalue weighted by molar-refractivity contribution is 8.23. The summed E-state index contributed by atoms with van der Waals surface area (Å²) in [7, 11) is 0. The molecule has 0 spiro atoms. The Balaban J connectivity index is 2.29. The van der Waals surface area contributed by atoms with Gasteiger partial charge in [0.1, 0.15) is 4.32 Å². The number of carbonyl (C=O) groups excluding carboxylic acids is 1. The van der Waals surface area contributed by atoms with E-state index in [0.29, 0.717) is 4.32 Å². The molecule has 2 rings (SSSR count). The van der Waals surface area contributed by atoms with E-state index in [0.717, 1.165) is 11.3 Å². The van der Waals surface area contributed by atoms with Gasteiger partial charge in [0.15, 0.2) is 0 Å². The molecule has 2 nitrogen and oxygen atoms in total. The Morgan fingerprint density at radius 3 is 2.65 bits per heavy atom. The first kappa shape index (κ1) is 12.6. The summed E-state index contributed by atoms with van der Waals surface area (Å²) in [6.07, 6.45) is 0. The highest BCUT2D eigenvalue weighted by atomic mass is 32.2. The molecule has 90 valence electrons. The van der Waals surface area contributed by atoms with Crippen molar-refractivity contribution in [2.24, 2.45) is 5.92 Å². The second-order valence-corrected chi connectivity index (χ2v) is 6.02. The molecule has 1 aromatic carbocycles. The maximum Gasteiger partial charge on any atom is 0.231 e. The number of rotatable bonds is 2. The zero-order valence-electron chi connectivity index (χ0n) is 9.92. The lowest BCUT2D eigenvalue weighted by Crippen LogP contribution is -2.36. The predicted molar refractivity (Wildman–Crippen MR) is 75.9 cm³/mol. The van der Waals surface area contributed by atoms with Crippen LogP contribution in [0.3, 0.4) is 0 Å². The predicted octanol–water partition coefficient (Wildman–Crippen LogP) is 3.24. The molecular weight excluding hydrogens is 250 g/mol. The van der Waals surface area contributed by atoms with E-state index in [1.54, 1.807) is 16.7 Å². The van der Waals surface area contributed by atoms with E-state index in [9.17, 15) is 4.79 Å². The van der Waals surface area contributed by atoms with Crippen molar-refractivity contribution in [3.8, 4) is 0 Å². The van der Waals surface area contributed by atoms with Gasteiger partial charge in [-0.25, -0.2) is 0 Å². The van der Waals surface area contributed by atoms with Gasteiger partial charge in [-0.15, -0.1) is 0 Å². The smallest absolute Gasteiger partial charge is 0.231 e. The minimum Gasteiger partial charge on any atom is -0.289 e. The summed E-state index contributed by atoms with van der Waals surface area (Å²) < 4.78 is 0.706. The number of nitrogens with zero attached hydrogens (tertiary/aromatic N) is 1. The number of benzene rings is 1. The summed E-state index contributed by atoms with van der Waals surface area (Å²) in [6, 6.07) is 10.2. The van der Waals surface area contributed by atoms with Gasteiger partial charge in [0, 0.05) is 11.7 Å². The first-order valence-electron chi connectivity index (χ1n) is 5.66. The largest absolute Gasteiger partial charge is 0.289 e. The van der Waals surface area contributed by atoms with E-state index in [1.165, 1.54) is 0 Å². The van der Waals surface area contributed by atoms with Gasteiger partial charge in [0.05, 0.1) is 6.04 Å². The Hall–Kier alpha value is -0.870. The standard InChI is InChI=1S/C13H15NOS2/c1-9(2)12(15)14-11(8-17-13(14)16)10-6-4-3-5-7-10/h3-7,9,11H,8H2,1-2H3/t11-/m0/s1. The van der Waals surface area contributed by atoms with Gasteiger partial charge in [-0.3, -0.25) is 9.69 Å². The molecule has 0 unspecified atom stereocenters. The van der Waals surface area contributed by atoms with Crippen LogP contribution < -0.4 is 0 Å². The lowest BCUT2D eigenvalue weighted by atomic mass is 10.1. The molecule has 1 aromatic rings. The molecule has 1 atom stereocenters. The second kappa shape index (κ2) is 5.19. The fourth-order valence-electron chi connectivity index (χ4n) is 1.86. The SMILES string of the molecule is CC(C)C(=O)N1C(=S)SC[C@H]1c1ccccc1. The van der Waals surface area contributed by atoms with Crippen LogP contribution >= 0.6 is 24.0 Å². The van der Waals surface area contributed by atoms with Crippen molar-refractivity contribution in [3.05, 3.63) is 35.9 Å². The van der Waals surface area contributed by atoms with E-state index in [-0.39, 0.29) is 17.9 Å². The van der Waals surface area contributed by atoms with Gasteiger partial charge in [0.2, 0.25) is 5.91 Å². The first-order chi connectivity index (χ1) is 8.11. The van der Waals surface area contributed by atoms with Gasteiger partial charge >= 0.3 is 0 Å². The lowest BCUT2D eigenvalue weighted by Gasteiger charge is -2.25. The third-order valence-corrected chi connectivity index (χ3v) is 4.27. The molecule has 4 heteroatoms. The Labute approximate surface area is 111 Å². The maximum absolute atomic E-state index is 12.2. The van der Waals surface area contributed by atoms with Gasteiger partial charge in [-0.1, -0.05) is 68.2 Å². The fraction of sp³-hybridized carbons (Fsp3) is 0.385. The number of amides is 1. The summed E-state index contributed by atoms with van der Waals surface area (Å²) in [5, 5.41) is 0. The molecule has 0 aliphatic carbocycles. The molecule has 1 saturated heterocycles. The van der Waals surface area contributed by atoms with Crippen molar-refractivity contribution in [1.82, 2.24) is 4.90 Å². The van der Waals surface area contributed by atoms with Crippen LogP contribution in [0.2, 0.25) is 0 Å².